The Kier molecular flexibility index (Phi) is 4.24. The van der Waals surface area contributed by atoms with Crippen LogP contribution >= 0.6 is 23.1 Å². The van der Waals surface area contributed by atoms with Gasteiger partial charge in [0, 0.05) is 0 Å². The Labute approximate surface area is 150 Å². The molecule has 126 valence electrons. The fourth-order valence-corrected chi connectivity index (χ4v) is 3.68. The van der Waals surface area contributed by atoms with Gasteiger partial charge in [-0.1, -0.05) is 29.2 Å². The van der Waals surface area contributed by atoms with E-state index in [1.165, 1.54) is 17.6 Å². The summed E-state index contributed by atoms with van der Waals surface area (Å²) >= 11 is 2.61. The second kappa shape index (κ2) is 6.69. The van der Waals surface area contributed by atoms with Gasteiger partial charge < -0.3 is 14.2 Å². The van der Waals surface area contributed by atoms with Crippen LogP contribution in [0.2, 0.25) is 0 Å². The summed E-state index contributed by atoms with van der Waals surface area (Å²) in [7, 11) is 0. The van der Waals surface area contributed by atoms with Gasteiger partial charge in [-0.05, 0) is 36.8 Å². The smallest absolute Gasteiger partial charge is 0.284 e. The lowest BCUT2D eigenvalue weighted by atomic mass is 10.2. The molecular weight excluding hydrogens is 360 g/mol. The van der Waals surface area contributed by atoms with Crippen LogP contribution < -0.4 is 5.32 Å². The molecule has 1 N–H and O–H groups in total. The lowest BCUT2D eigenvalue weighted by molar-refractivity contribution is -0.113. The molecule has 4 rings (SSSR count). The van der Waals surface area contributed by atoms with E-state index in [1.54, 1.807) is 12.1 Å². The molecule has 0 fully saturated rings. The lowest BCUT2D eigenvalue weighted by Crippen LogP contribution is -2.13. The first-order valence-electron chi connectivity index (χ1n) is 7.34. The number of thioether (sulfide) groups is 1. The number of aromatic nitrogens is 3. The van der Waals surface area contributed by atoms with E-state index in [1.807, 2.05) is 25.1 Å². The molecule has 1 aromatic carbocycles. The van der Waals surface area contributed by atoms with E-state index < -0.39 is 0 Å². The molecule has 0 atom stereocenters. The van der Waals surface area contributed by atoms with Crippen LogP contribution in [-0.4, -0.2) is 26.8 Å². The van der Waals surface area contributed by atoms with Crippen LogP contribution in [0.1, 0.15) is 5.56 Å². The van der Waals surface area contributed by atoms with Crippen LogP contribution in [0.5, 0.6) is 0 Å². The lowest BCUT2D eigenvalue weighted by Gasteiger charge is -1.98. The van der Waals surface area contributed by atoms with E-state index in [0.717, 1.165) is 27.5 Å². The summed E-state index contributed by atoms with van der Waals surface area (Å²) < 4.78 is 11.7. The van der Waals surface area contributed by atoms with Crippen molar-refractivity contribution in [3.05, 3.63) is 42.2 Å². The minimum atomic E-state index is -0.182. The molecule has 0 saturated heterocycles. The summed E-state index contributed by atoms with van der Waals surface area (Å²) in [6.07, 6.45) is 1.53. The highest BCUT2D eigenvalue weighted by Crippen LogP contribution is 2.27. The Hall–Kier alpha value is -2.65. The first kappa shape index (κ1) is 15.9. The second-order valence-electron chi connectivity index (χ2n) is 5.18. The number of benzene rings is 1. The number of rotatable bonds is 5. The van der Waals surface area contributed by atoms with Crippen molar-refractivity contribution >= 4 is 44.4 Å². The zero-order valence-electron chi connectivity index (χ0n) is 13.1. The van der Waals surface area contributed by atoms with Crippen molar-refractivity contribution in [3.8, 4) is 11.7 Å². The molecule has 0 spiro atoms. The SMILES string of the molecule is Cc1ccc2nc(NC(=O)CSc3nnc(-c4ccco4)o3)sc2c1. The molecule has 0 saturated carbocycles. The topological polar surface area (TPSA) is 94.1 Å². The van der Waals surface area contributed by atoms with Crippen molar-refractivity contribution in [2.45, 2.75) is 12.1 Å². The van der Waals surface area contributed by atoms with Gasteiger partial charge in [-0.25, -0.2) is 4.98 Å². The first-order chi connectivity index (χ1) is 12.2. The maximum atomic E-state index is 12.1. The van der Waals surface area contributed by atoms with E-state index in [2.05, 4.69) is 20.5 Å². The van der Waals surface area contributed by atoms with Gasteiger partial charge in [0.05, 0.1) is 22.2 Å². The number of carbonyl (C=O) groups excluding carboxylic acids is 1. The number of hydrogen-bond donors (Lipinski definition) is 1. The molecule has 0 radical (unpaired) electrons. The number of thiazole rings is 1. The monoisotopic (exact) mass is 372 g/mol. The zero-order chi connectivity index (χ0) is 17.2. The Morgan fingerprint density at radius 3 is 3.08 bits per heavy atom. The third-order valence-electron chi connectivity index (χ3n) is 3.26. The van der Waals surface area contributed by atoms with E-state index in [9.17, 15) is 4.79 Å². The van der Waals surface area contributed by atoms with E-state index in [4.69, 9.17) is 8.83 Å². The third-order valence-corrected chi connectivity index (χ3v) is 5.01. The van der Waals surface area contributed by atoms with Gasteiger partial charge in [-0.15, -0.1) is 10.2 Å². The second-order valence-corrected chi connectivity index (χ2v) is 7.13. The summed E-state index contributed by atoms with van der Waals surface area (Å²) in [4.78, 5) is 16.5. The molecule has 7 nitrogen and oxygen atoms in total. The van der Waals surface area contributed by atoms with Crippen LogP contribution in [-0.2, 0) is 4.79 Å². The molecule has 0 aliphatic rings. The van der Waals surface area contributed by atoms with E-state index in [-0.39, 0.29) is 17.6 Å². The molecule has 3 heterocycles. The maximum Gasteiger partial charge on any atom is 0.284 e. The molecule has 0 aliphatic carbocycles. The average Bonchev–Trinajstić information content (AvgIpc) is 3.32. The molecule has 0 aliphatic heterocycles. The number of hydrogen-bond acceptors (Lipinski definition) is 8. The molecule has 0 unspecified atom stereocenters. The largest absolute Gasteiger partial charge is 0.459 e. The zero-order valence-corrected chi connectivity index (χ0v) is 14.7. The van der Waals surface area contributed by atoms with Gasteiger partial charge in [0.1, 0.15) is 0 Å². The Morgan fingerprint density at radius 1 is 1.32 bits per heavy atom. The van der Waals surface area contributed by atoms with E-state index >= 15 is 0 Å². The Morgan fingerprint density at radius 2 is 2.24 bits per heavy atom. The van der Waals surface area contributed by atoms with Crippen LogP contribution in [0, 0.1) is 6.92 Å². The summed E-state index contributed by atoms with van der Waals surface area (Å²) in [6, 6.07) is 9.45. The predicted octanol–water partition coefficient (Wildman–Crippen LogP) is 3.98. The number of aryl methyl sites for hydroxylation is 1. The van der Waals surface area contributed by atoms with Crippen LogP contribution in [0.25, 0.3) is 21.9 Å². The normalized spacial score (nSPS) is 11.1. The highest BCUT2D eigenvalue weighted by molar-refractivity contribution is 7.99. The van der Waals surface area contributed by atoms with E-state index in [0.29, 0.717) is 16.1 Å². The number of anilines is 1. The van der Waals surface area contributed by atoms with Crippen molar-refractivity contribution in [2.75, 3.05) is 11.1 Å². The summed E-state index contributed by atoms with van der Waals surface area (Å²) in [5.74, 6) is 0.746. The van der Waals surface area contributed by atoms with Crippen molar-refractivity contribution in [2.24, 2.45) is 0 Å². The number of furan rings is 1. The summed E-state index contributed by atoms with van der Waals surface area (Å²) in [5, 5.41) is 11.5. The molecule has 1 amide bonds. The van der Waals surface area contributed by atoms with Gasteiger partial charge >= 0.3 is 0 Å². The number of fused-ring (bicyclic) bond motifs is 1. The van der Waals surface area contributed by atoms with Crippen LogP contribution in [0.3, 0.4) is 0 Å². The van der Waals surface area contributed by atoms with Gasteiger partial charge in [-0.2, -0.15) is 0 Å². The number of amides is 1. The van der Waals surface area contributed by atoms with Crippen molar-refractivity contribution in [1.29, 1.82) is 0 Å². The molecule has 4 aromatic rings. The van der Waals surface area contributed by atoms with Gasteiger partial charge in [0.2, 0.25) is 5.91 Å². The maximum absolute atomic E-state index is 12.1. The van der Waals surface area contributed by atoms with Crippen molar-refractivity contribution < 1.29 is 13.6 Å². The fraction of sp³-hybridized carbons (Fsp3) is 0.125. The molecule has 25 heavy (non-hydrogen) atoms. The Balaban J connectivity index is 1.37. The summed E-state index contributed by atoms with van der Waals surface area (Å²) in [6.45, 7) is 2.02. The van der Waals surface area contributed by atoms with Crippen molar-refractivity contribution in [3.63, 3.8) is 0 Å². The average molecular weight is 372 g/mol. The molecule has 3 aromatic heterocycles. The minimum absolute atomic E-state index is 0.148. The standard InChI is InChI=1S/C16H12N4O3S2/c1-9-4-5-10-12(7-9)25-15(17-10)18-13(21)8-24-16-20-19-14(23-16)11-3-2-6-22-11/h2-7H,8H2,1H3,(H,17,18,21). The highest BCUT2D eigenvalue weighted by Gasteiger charge is 2.14. The summed E-state index contributed by atoms with van der Waals surface area (Å²) in [5.41, 5.74) is 2.03. The number of carbonyl (C=O) groups is 1. The first-order valence-corrected chi connectivity index (χ1v) is 9.15. The fourth-order valence-electron chi connectivity index (χ4n) is 2.14. The number of nitrogens with one attached hydrogen (secondary N) is 1. The van der Waals surface area contributed by atoms with Gasteiger partial charge in [-0.3, -0.25) is 4.79 Å². The quantitative estimate of drug-likeness (QED) is 0.530. The third kappa shape index (κ3) is 3.57. The van der Waals surface area contributed by atoms with Crippen LogP contribution in [0.15, 0.2) is 50.7 Å². The minimum Gasteiger partial charge on any atom is -0.459 e. The number of nitrogens with zero attached hydrogens (tertiary/aromatic N) is 3. The molecule has 0 bridgehead atoms. The van der Waals surface area contributed by atoms with Crippen molar-refractivity contribution in [1.82, 2.24) is 15.2 Å². The molecule has 9 heteroatoms. The van der Waals surface area contributed by atoms with Gasteiger partial charge in [0.25, 0.3) is 11.1 Å². The highest BCUT2D eigenvalue weighted by atomic mass is 32.2. The molecular formula is C16H12N4O3S2. The van der Waals surface area contributed by atoms with Gasteiger partial charge in [0.15, 0.2) is 10.9 Å². The Bertz CT molecular complexity index is 1020. The predicted molar refractivity (Wildman–Crippen MR) is 95.7 cm³/mol. The van der Waals surface area contributed by atoms with Crippen LogP contribution in [0.4, 0.5) is 5.13 Å².